The van der Waals surface area contributed by atoms with Crippen molar-refractivity contribution in [3.05, 3.63) is 41.5 Å². The van der Waals surface area contributed by atoms with E-state index < -0.39 is 65.1 Å². The number of halogens is 8. The summed E-state index contributed by atoms with van der Waals surface area (Å²) >= 11 is 0. The van der Waals surface area contributed by atoms with E-state index in [1.54, 1.807) is 32.6 Å². The normalized spacial score (nSPS) is 20.1. The second kappa shape index (κ2) is 16.6. The third kappa shape index (κ3) is 8.80. The number of aromatic hydroxyl groups is 1. The van der Waals surface area contributed by atoms with E-state index in [0.29, 0.717) is 19.4 Å². The molecule has 4 heterocycles. The Morgan fingerprint density at radius 2 is 1.64 bits per heavy atom. The van der Waals surface area contributed by atoms with E-state index >= 15 is 8.78 Å². The van der Waals surface area contributed by atoms with Crippen molar-refractivity contribution in [1.29, 1.82) is 0 Å². The number of rotatable bonds is 11. The highest BCUT2D eigenvalue weighted by molar-refractivity contribution is 6.04. The highest BCUT2D eigenvalue weighted by Crippen LogP contribution is 2.48. The first kappa shape index (κ1) is 43.9. The summed E-state index contributed by atoms with van der Waals surface area (Å²) in [6.07, 6.45) is -2.60. The van der Waals surface area contributed by atoms with Gasteiger partial charge in [-0.1, -0.05) is 25.8 Å². The standard InChI is InChI=1S/C43H46F8N6O4/c1-6-26-19-56(20-27(7-2)57(26)39(59)43(49,50)51)37-33-36(53-40(54-37)60-22-41(13-14-41)21-55-15-11-25(12-16-55)42(46,47)48)34(45)35(52-38(33)61-23(4)5)30-18-28(58)17-24-9-10-31(44)29(8-3)32(24)30/h3,9-10,17-18,23,25-27,58H,6-7,11-16,19-22H2,1-2,4-5H3. The molecule has 2 unspecified atom stereocenters. The minimum absolute atomic E-state index is 0.0137. The summed E-state index contributed by atoms with van der Waals surface area (Å²) in [4.78, 5) is 31.1. The van der Waals surface area contributed by atoms with Gasteiger partial charge < -0.3 is 29.3 Å². The Hall–Kier alpha value is -5.18. The van der Waals surface area contributed by atoms with Gasteiger partial charge in [0.2, 0.25) is 5.88 Å². The maximum absolute atomic E-state index is 17.5. The van der Waals surface area contributed by atoms with Crippen LogP contribution in [0.2, 0.25) is 0 Å². The molecule has 4 aromatic rings. The Morgan fingerprint density at radius 3 is 2.20 bits per heavy atom. The van der Waals surface area contributed by atoms with Crippen LogP contribution in [0.4, 0.5) is 40.9 Å². The van der Waals surface area contributed by atoms with Crippen LogP contribution in [-0.4, -0.2) is 106 Å². The molecule has 7 rings (SSSR count). The van der Waals surface area contributed by atoms with Crippen LogP contribution in [0, 0.1) is 35.3 Å². The number of nitrogens with zero attached hydrogens (tertiary/aromatic N) is 6. The predicted molar refractivity (Wildman–Crippen MR) is 211 cm³/mol. The fourth-order valence-electron chi connectivity index (χ4n) is 8.63. The largest absolute Gasteiger partial charge is 0.508 e. The number of phenols is 1. The quantitative estimate of drug-likeness (QED) is 0.117. The Labute approximate surface area is 347 Å². The molecule has 18 heteroatoms. The lowest BCUT2D eigenvalue weighted by molar-refractivity contribution is -0.191. The molecular weight excluding hydrogens is 816 g/mol. The first-order chi connectivity index (χ1) is 28.8. The highest BCUT2D eigenvalue weighted by atomic mass is 19.4. The number of likely N-dealkylation sites (tertiary alicyclic amines) is 1. The van der Waals surface area contributed by atoms with Gasteiger partial charge in [-0.2, -0.15) is 36.3 Å². The molecule has 1 aliphatic carbocycles. The molecule has 3 fully saturated rings. The Kier molecular flexibility index (Phi) is 11.9. The van der Waals surface area contributed by atoms with Gasteiger partial charge in [-0.15, -0.1) is 6.42 Å². The number of benzene rings is 2. The summed E-state index contributed by atoms with van der Waals surface area (Å²) in [7, 11) is 0. The third-order valence-corrected chi connectivity index (χ3v) is 12.0. The first-order valence-electron chi connectivity index (χ1n) is 20.3. The number of pyridine rings is 1. The second-order valence-corrected chi connectivity index (χ2v) is 16.6. The van der Waals surface area contributed by atoms with Crippen LogP contribution in [-0.2, 0) is 4.79 Å². The molecule has 2 saturated heterocycles. The van der Waals surface area contributed by atoms with Crippen LogP contribution in [0.1, 0.15) is 71.8 Å². The van der Waals surface area contributed by atoms with Crippen molar-refractivity contribution in [3.8, 4) is 41.2 Å². The SMILES string of the molecule is C#Cc1c(F)ccc2cc(O)cc(-c3nc(OC(C)C)c4c(N5CC(CC)N(C(=O)C(F)(F)F)C(CC)C5)nc(OCC5(CN6CCC(C(F)(F)F)CC6)CC5)nc4c3F)c12. The summed E-state index contributed by atoms with van der Waals surface area (Å²) in [5, 5.41) is 11.1. The number of phenolic OH excluding ortho intramolecular Hbond substituents is 1. The van der Waals surface area contributed by atoms with Gasteiger partial charge in [0.05, 0.1) is 24.2 Å². The Balaban J connectivity index is 1.37. The zero-order valence-electron chi connectivity index (χ0n) is 34.1. The molecule has 0 spiro atoms. The lowest BCUT2D eigenvalue weighted by Crippen LogP contribution is -2.63. The summed E-state index contributed by atoms with van der Waals surface area (Å²) < 4.78 is 127. The zero-order valence-corrected chi connectivity index (χ0v) is 34.1. The number of piperazine rings is 1. The monoisotopic (exact) mass is 862 g/mol. The smallest absolute Gasteiger partial charge is 0.471 e. The lowest BCUT2D eigenvalue weighted by atomic mass is 9.95. The number of carbonyl (C=O) groups excluding carboxylic acids is 1. The Bertz CT molecular complexity index is 2340. The number of terminal acetylenes is 1. The second-order valence-electron chi connectivity index (χ2n) is 16.6. The number of carbonyl (C=O) groups is 1. The van der Waals surface area contributed by atoms with E-state index in [2.05, 4.69) is 15.9 Å². The number of anilines is 1. The fourth-order valence-corrected chi connectivity index (χ4v) is 8.63. The maximum atomic E-state index is 17.5. The molecule has 328 valence electrons. The van der Waals surface area contributed by atoms with E-state index in [1.807, 2.05) is 4.90 Å². The molecule has 2 atom stereocenters. The molecule has 2 aromatic heterocycles. The molecule has 1 N–H and O–H groups in total. The summed E-state index contributed by atoms with van der Waals surface area (Å²) in [6.45, 7) is 7.38. The predicted octanol–water partition coefficient (Wildman–Crippen LogP) is 8.80. The van der Waals surface area contributed by atoms with Crippen molar-refractivity contribution in [2.24, 2.45) is 11.3 Å². The van der Waals surface area contributed by atoms with Crippen molar-refractivity contribution in [2.75, 3.05) is 44.2 Å². The van der Waals surface area contributed by atoms with Crippen molar-refractivity contribution in [3.63, 3.8) is 0 Å². The molecule has 3 aliphatic rings. The van der Waals surface area contributed by atoms with Crippen LogP contribution >= 0.6 is 0 Å². The van der Waals surface area contributed by atoms with Gasteiger partial charge in [0.15, 0.2) is 5.82 Å². The molecule has 0 bridgehead atoms. The average molecular weight is 863 g/mol. The van der Waals surface area contributed by atoms with Crippen LogP contribution in [0.25, 0.3) is 32.9 Å². The zero-order chi connectivity index (χ0) is 44.2. The van der Waals surface area contributed by atoms with Gasteiger partial charge in [-0.25, -0.2) is 13.8 Å². The van der Waals surface area contributed by atoms with Crippen molar-refractivity contribution in [1.82, 2.24) is 24.8 Å². The molecule has 10 nitrogen and oxygen atoms in total. The summed E-state index contributed by atoms with van der Waals surface area (Å²) in [6, 6.07) is 2.81. The van der Waals surface area contributed by atoms with Gasteiger partial charge >= 0.3 is 24.3 Å². The average Bonchev–Trinajstić information content (AvgIpc) is 3.98. The minimum atomic E-state index is -5.13. The van der Waals surface area contributed by atoms with Gasteiger partial charge in [0.25, 0.3) is 0 Å². The van der Waals surface area contributed by atoms with Gasteiger partial charge in [-0.05, 0) is 89.0 Å². The van der Waals surface area contributed by atoms with Crippen LogP contribution in [0.3, 0.4) is 0 Å². The van der Waals surface area contributed by atoms with E-state index in [1.165, 1.54) is 18.2 Å². The van der Waals surface area contributed by atoms with Crippen molar-refractivity contribution in [2.45, 2.75) is 96.8 Å². The van der Waals surface area contributed by atoms with Gasteiger partial charge in [-0.3, -0.25) is 4.79 Å². The fraction of sp³-hybridized carbons (Fsp3) is 0.535. The van der Waals surface area contributed by atoms with Crippen LogP contribution in [0.15, 0.2) is 24.3 Å². The molecule has 2 aromatic carbocycles. The summed E-state index contributed by atoms with van der Waals surface area (Å²) in [5.74, 6) is -3.34. The third-order valence-electron chi connectivity index (χ3n) is 12.0. The van der Waals surface area contributed by atoms with E-state index in [0.717, 1.165) is 11.0 Å². The topological polar surface area (TPSA) is 104 Å². The molecular formula is C43H46F8N6O4. The molecule has 61 heavy (non-hydrogen) atoms. The van der Waals surface area contributed by atoms with Crippen LogP contribution < -0.4 is 14.4 Å². The van der Waals surface area contributed by atoms with Gasteiger partial charge in [0, 0.05) is 48.1 Å². The van der Waals surface area contributed by atoms with Crippen LogP contribution in [0.5, 0.6) is 17.6 Å². The molecule has 2 aliphatic heterocycles. The minimum Gasteiger partial charge on any atom is -0.508 e. The van der Waals surface area contributed by atoms with E-state index in [4.69, 9.17) is 20.9 Å². The van der Waals surface area contributed by atoms with Gasteiger partial charge in [0.1, 0.15) is 34.0 Å². The first-order valence-corrected chi connectivity index (χ1v) is 20.3. The number of aromatic nitrogens is 3. The number of ether oxygens (including phenoxy) is 2. The van der Waals surface area contributed by atoms with Crippen molar-refractivity contribution >= 4 is 33.4 Å². The number of piperidine rings is 1. The molecule has 0 radical (unpaired) electrons. The maximum Gasteiger partial charge on any atom is 0.471 e. The molecule has 1 saturated carbocycles. The van der Waals surface area contributed by atoms with E-state index in [-0.39, 0.29) is 115 Å². The van der Waals surface area contributed by atoms with Crippen molar-refractivity contribution < 1.29 is 54.5 Å². The lowest BCUT2D eigenvalue weighted by Gasteiger charge is -2.47. The number of fused-ring (bicyclic) bond motifs is 2. The number of amides is 1. The molecule has 1 amide bonds. The summed E-state index contributed by atoms with van der Waals surface area (Å²) in [5.41, 5.74) is -1.53. The number of alkyl halides is 6. The number of hydrogen-bond acceptors (Lipinski definition) is 9. The number of hydrogen-bond donors (Lipinski definition) is 1. The Morgan fingerprint density at radius 1 is 0.984 bits per heavy atom. The van der Waals surface area contributed by atoms with E-state index in [9.17, 15) is 36.2 Å². The highest BCUT2D eigenvalue weighted by Gasteiger charge is 2.50.